The molecule has 0 saturated heterocycles. The molecule has 19 heavy (non-hydrogen) atoms. The average molecular weight is 278 g/mol. The van der Waals surface area contributed by atoms with Crippen LogP contribution in [0.25, 0.3) is 5.69 Å². The summed E-state index contributed by atoms with van der Waals surface area (Å²) in [6, 6.07) is 5.84. The number of hydrogen-bond donors (Lipinski definition) is 1. The van der Waals surface area contributed by atoms with Crippen LogP contribution in [0, 0.1) is 11.7 Å². The second-order valence-corrected chi connectivity index (χ2v) is 4.45. The summed E-state index contributed by atoms with van der Waals surface area (Å²) in [5.74, 6) is 1.50. The second-order valence-electron chi connectivity index (χ2n) is 4.07. The first-order valence-electron chi connectivity index (χ1n) is 6.34. The Morgan fingerprint density at radius 3 is 2.42 bits per heavy atom. The molecule has 1 N–H and O–H groups in total. The molecule has 0 aliphatic heterocycles. The third-order valence-corrected chi connectivity index (χ3v) is 3.05. The quantitative estimate of drug-likeness (QED) is 0.849. The van der Waals surface area contributed by atoms with E-state index in [2.05, 4.69) is 4.98 Å². The average Bonchev–Trinajstić information content (AvgIpc) is 2.72. The van der Waals surface area contributed by atoms with Crippen LogP contribution in [-0.4, -0.2) is 22.8 Å². The molecular formula is C14H18N2O2S. The van der Waals surface area contributed by atoms with E-state index < -0.39 is 0 Å². The Bertz CT molecular complexity index is 616. The van der Waals surface area contributed by atoms with Gasteiger partial charge in [-0.25, -0.2) is 0 Å². The number of aryl methyl sites for hydroxylation is 1. The number of ether oxygens (including phenoxy) is 2. The van der Waals surface area contributed by atoms with E-state index in [1.54, 1.807) is 0 Å². The Labute approximate surface area is 118 Å². The van der Waals surface area contributed by atoms with Gasteiger partial charge in [-0.1, -0.05) is 0 Å². The fourth-order valence-corrected chi connectivity index (χ4v) is 2.26. The molecule has 1 aromatic carbocycles. The Balaban J connectivity index is 2.48. The van der Waals surface area contributed by atoms with Crippen LogP contribution < -0.4 is 9.47 Å². The van der Waals surface area contributed by atoms with Gasteiger partial charge in [-0.05, 0) is 45.1 Å². The summed E-state index contributed by atoms with van der Waals surface area (Å²) in [6.07, 6.45) is 1.89. The Kier molecular flexibility index (Phi) is 4.27. The molecule has 1 heterocycles. The highest BCUT2D eigenvalue weighted by Gasteiger charge is 2.09. The molecule has 0 aliphatic carbocycles. The maximum atomic E-state index is 5.63. The SMILES string of the molecule is CCOc1ccc(-n2c(C)c[nH]c2=S)cc1OCC. The van der Waals surface area contributed by atoms with Crippen molar-refractivity contribution in [3.63, 3.8) is 0 Å². The molecular weight excluding hydrogens is 260 g/mol. The molecule has 5 heteroatoms. The second kappa shape index (κ2) is 5.93. The van der Waals surface area contributed by atoms with Gasteiger partial charge in [0, 0.05) is 18.0 Å². The number of aromatic nitrogens is 2. The number of aromatic amines is 1. The number of hydrogen-bond acceptors (Lipinski definition) is 3. The lowest BCUT2D eigenvalue weighted by molar-refractivity contribution is 0.287. The summed E-state index contributed by atoms with van der Waals surface area (Å²) in [7, 11) is 0. The van der Waals surface area contributed by atoms with Gasteiger partial charge >= 0.3 is 0 Å². The first-order chi connectivity index (χ1) is 9.17. The number of H-pyrrole nitrogens is 1. The molecule has 0 aliphatic rings. The number of rotatable bonds is 5. The monoisotopic (exact) mass is 278 g/mol. The minimum Gasteiger partial charge on any atom is -0.490 e. The van der Waals surface area contributed by atoms with E-state index in [9.17, 15) is 0 Å². The molecule has 1 aromatic heterocycles. The van der Waals surface area contributed by atoms with Gasteiger partial charge in [-0.15, -0.1) is 0 Å². The van der Waals surface area contributed by atoms with Crippen LogP contribution >= 0.6 is 12.2 Å². The maximum Gasteiger partial charge on any atom is 0.182 e. The molecule has 2 rings (SSSR count). The summed E-state index contributed by atoms with van der Waals surface area (Å²) >= 11 is 5.28. The van der Waals surface area contributed by atoms with Gasteiger partial charge in [0.15, 0.2) is 16.3 Å². The van der Waals surface area contributed by atoms with Crippen molar-refractivity contribution < 1.29 is 9.47 Å². The first kappa shape index (κ1) is 13.7. The molecule has 2 aromatic rings. The molecule has 0 atom stereocenters. The highest BCUT2D eigenvalue weighted by Crippen LogP contribution is 2.30. The van der Waals surface area contributed by atoms with Gasteiger partial charge in [0.1, 0.15) is 0 Å². The smallest absolute Gasteiger partial charge is 0.182 e. The highest BCUT2D eigenvalue weighted by molar-refractivity contribution is 7.71. The molecule has 0 unspecified atom stereocenters. The topological polar surface area (TPSA) is 39.2 Å². The normalized spacial score (nSPS) is 10.5. The summed E-state index contributed by atoms with van der Waals surface area (Å²) in [5.41, 5.74) is 2.02. The van der Waals surface area contributed by atoms with Crippen molar-refractivity contribution in [3.05, 3.63) is 34.9 Å². The lowest BCUT2D eigenvalue weighted by Crippen LogP contribution is -2.01. The number of nitrogens with zero attached hydrogens (tertiary/aromatic N) is 1. The van der Waals surface area contributed by atoms with E-state index in [0.717, 1.165) is 22.9 Å². The van der Waals surface area contributed by atoms with Crippen LogP contribution in [0.4, 0.5) is 0 Å². The molecule has 0 bridgehead atoms. The minimum atomic E-state index is 0.598. The highest BCUT2D eigenvalue weighted by atomic mass is 32.1. The molecule has 0 fully saturated rings. The van der Waals surface area contributed by atoms with Crippen LogP contribution in [0.1, 0.15) is 19.5 Å². The van der Waals surface area contributed by atoms with E-state index in [1.165, 1.54) is 0 Å². The molecule has 0 spiro atoms. The summed E-state index contributed by atoms with van der Waals surface area (Å²) in [6.45, 7) is 7.12. The Hall–Kier alpha value is -1.75. The third-order valence-electron chi connectivity index (χ3n) is 2.75. The van der Waals surface area contributed by atoms with Gasteiger partial charge in [0.05, 0.1) is 18.9 Å². The lowest BCUT2D eigenvalue weighted by atomic mass is 10.2. The van der Waals surface area contributed by atoms with Crippen molar-refractivity contribution in [1.29, 1.82) is 0 Å². The van der Waals surface area contributed by atoms with Crippen LogP contribution in [0.15, 0.2) is 24.4 Å². The zero-order valence-electron chi connectivity index (χ0n) is 11.4. The van der Waals surface area contributed by atoms with Crippen LogP contribution in [0.5, 0.6) is 11.5 Å². The van der Waals surface area contributed by atoms with Crippen LogP contribution in [0.2, 0.25) is 0 Å². The lowest BCUT2D eigenvalue weighted by Gasteiger charge is -2.13. The van der Waals surface area contributed by atoms with E-state index in [-0.39, 0.29) is 0 Å². The Morgan fingerprint density at radius 2 is 1.84 bits per heavy atom. The Morgan fingerprint density at radius 1 is 1.16 bits per heavy atom. The summed E-state index contributed by atoms with van der Waals surface area (Å²) in [5, 5.41) is 0. The van der Waals surface area contributed by atoms with Gasteiger partial charge < -0.3 is 14.5 Å². The van der Waals surface area contributed by atoms with Gasteiger partial charge in [-0.2, -0.15) is 0 Å². The minimum absolute atomic E-state index is 0.598. The third kappa shape index (κ3) is 2.81. The van der Waals surface area contributed by atoms with E-state index in [4.69, 9.17) is 21.7 Å². The number of imidazole rings is 1. The van der Waals surface area contributed by atoms with Crippen LogP contribution in [-0.2, 0) is 0 Å². The maximum absolute atomic E-state index is 5.63. The van der Waals surface area contributed by atoms with Crippen molar-refractivity contribution in [3.8, 4) is 17.2 Å². The number of nitrogens with one attached hydrogen (secondary N) is 1. The van der Waals surface area contributed by atoms with E-state index in [0.29, 0.717) is 18.0 Å². The predicted molar refractivity (Wildman–Crippen MR) is 78.0 cm³/mol. The summed E-state index contributed by atoms with van der Waals surface area (Å²) < 4.78 is 13.8. The standard InChI is InChI=1S/C14H18N2O2S/c1-4-17-12-7-6-11(8-13(12)18-5-2)16-10(3)9-15-14(16)19/h6-9H,4-5H2,1-3H3,(H,15,19). The van der Waals surface area contributed by atoms with Crippen molar-refractivity contribution in [2.75, 3.05) is 13.2 Å². The largest absolute Gasteiger partial charge is 0.490 e. The van der Waals surface area contributed by atoms with Crippen LogP contribution in [0.3, 0.4) is 0 Å². The van der Waals surface area contributed by atoms with Crippen molar-refractivity contribution >= 4 is 12.2 Å². The van der Waals surface area contributed by atoms with Crippen molar-refractivity contribution in [1.82, 2.24) is 9.55 Å². The van der Waals surface area contributed by atoms with Gasteiger partial charge in [-0.3, -0.25) is 4.57 Å². The zero-order chi connectivity index (χ0) is 13.8. The van der Waals surface area contributed by atoms with E-state index in [1.807, 2.05) is 49.7 Å². The molecule has 4 nitrogen and oxygen atoms in total. The predicted octanol–water partition coefficient (Wildman–Crippen LogP) is 3.64. The first-order valence-corrected chi connectivity index (χ1v) is 6.75. The molecule has 0 radical (unpaired) electrons. The molecule has 0 saturated carbocycles. The van der Waals surface area contributed by atoms with Crippen molar-refractivity contribution in [2.45, 2.75) is 20.8 Å². The van der Waals surface area contributed by atoms with Crippen molar-refractivity contribution in [2.24, 2.45) is 0 Å². The number of benzene rings is 1. The molecule has 102 valence electrons. The fourth-order valence-electron chi connectivity index (χ4n) is 1.96. The van der Waals surface area contributed by atoms with Gasteiger partial charge in [0.25, 0.3) is 0 Å². The zero-order valence-corrected chi connectivity index (χ0v) is 12.2. The van der Waals surface area contributed by atoms with Gasteiger partial charge in [0.2, 0.25) is 0 Å². The summed E-state index contributed by atoms with van der Waals surface area (Å²) in [4.78, 5) is 3.03. The fraction of sp³-hybridized carbons (Fsp3) is 0.357. The molecule has 0 amide bonds. The van der Waals surface area contributed by atoms with E-state index >= 15 is 0 Å².